The largest absolute Gasteiger partial charge is 0.389 e. The van der Waals surface area contributed by atoms with Gasteiger partial charge < -0.3 is 5.73 Å². The van der Waals surface area contributed by atoms with Crippen LogP contribution < -0.4 is 5.73 Å². The van der Waals surface area contributed by atoms with E-state index in [1.54, 1.807) is 0 Å². The molecule has 2 rings (SSSR count). The number of rotatable bonds is 1. The van der Waals surface area contributed by atoms with Gasteiger partial charge in [-0.2, -0.15) is 4.37 Å². The van der Waals surface area contributed by atoms with Gasteiger partial charge in [0.2, 0.25) is 0 Å². The normalized spacial score (nSPS) is 21.6. The maximum Gasteiger partial charge on any atom is 0.107 e. The number of nitrogen functional groups attached to an aromatic ring is 1. The van der Waals surface area contributed by atoms with Gasteiger partial charge in [-0.15, -0.1) is 0 Å². The van der Waals surface area contributed by atoms with E-state index in [4.69, 9.17) is 5.73 Å². The number of nitrogens with two attached hydrogens (primary N) is 1. The van der Waals surface area contributed by atoms with E-state index in [1.165, 1.54) is 49.3 Å². The van der Waals surface area contributed by atoms with Gasteiger partial charge in [-0.05, 0) is 30.4 Å². The Morgan fingerprint density at radius 3 is 2.62 bits per heavy atom. The highest BCUT2D eigenvalue weighted by atomic mass is 32.1. The third-order valence-electron chi connectivity index (χ3n) is 3.10. The topological polar surface area (TPSA) is 38.9 Å². The van der Waals surface area contributed by atoms with Crippen LogP contribution in [0, 0.1) is 0 Å². The minimum Gasteiger partial charge on any atom is -0.389 e. The van der Waals surface area contributed by atoms with Gasteiger partial charge in [0, 0.05) is 5.41 Å². The van der Waals surface area contributed by atoms with Crippen molar-refractivity contribution >= 4 is 16.5 Å². The van der Waals surface area contributed by atoms with E-state index in [9.17, 15) is 0 Å². The highest BCUT2D eigenvalue weighted by Gasteiger charge is 2.30. The van der Waals surface area contributed by atoms with Crippen LogP contribution in [0.1, 0.15) is 44.7 Å². The van der Waals surface area contributed by atoms with Crippen molar-refractivity contribution in [1.82, 2.24) is 4.37 Å². The first-order chi connectivity index (χ1) is 6.21. The maximum atomic E-state index is 5.70. The molecular weight excluding hydrogens is 180 g/mol. The lowest BCUT2D eigenvalue weighted by Gasteiger charge is -2.31. The number of aromatic nitrogens is 1. The van der Waals surface area contributed by atoms with Crippen molar-refractivity contribution in [3.63, 3.8) is 0 Å². The first-order valence-electron chi connectivity index (χ1n) is 4.93. The molecule has 3 heteroatoms. The minimum absolute atomic E-state index is 0.312. The van der Waals surface area contributed by atoms with Crippen LogP contribution in [0.15, 0.2) is 6.07 Å². The Bertz CT molecular complexity index is 287. The Morgan fingerprint density at radius 2 is 2.08 bits per heavy atom. The van der Waals surface area contributed by atoms with Crippen molar-refractivity contribution in [1.29, 1.82) is 0 Å². The van der Waals surface area contributed by atoms with Crippen LogP contribution in [-0.2, 0) is 5.41 Å². The molecule has 72 valence electrons. The zero-order valence-corrected chi connectivity index (χ0v) is 8.86. The predicted molar refractivity (Wildman–Crippen MR) is 57.0 cm³/mol. The monoisotopic (exact) mass is 196 g/mol. The van der Waals surface area contributed by atoms with Gasteiger partial charge in [0.05, 0.1) is 5.69 Å². The molecule has 1 aromatic rings. The molecule has 0 unspecified atom stereocenters. The molecule has 1 aromatic heterocycles. The van der Waals surface area contributed by atoms with Gasteiger partial charge in [-0.1, -0.05) is 26.2 Å². The van der Waals surface area contributed by atoms with Crippen molar-refractivity contribution in [3.8, 4) is 0 Å². The van der Waals surface area contributed by atoms with Crippen LogP contribution in [0.5, 0.6) is 0 Å². The molecule has 0 aromatic carbocycles. The van der Waals surface area contributed by atoms with Crippen molar-refractivity contribution in [3.05, 3.63) is 11.8 Å². The van der Waals surface area contributed by atoms with E-state index < -0.39 is 0 Å². The summed E-state index contributed by atoms with van der Waals surface area (Å²) >= 11 is 1.42. The highest BCUT2D eigenvalue weighted by molar-refractivity contribution is 7.10. The van der Waals surface area contributed by atoms with Gasteiger partial charge >= 0.3 is 0 Å². The molecular formula is C10H16N2S. The van der Waals surface area contributed by atoms with Crippen LogP contribution in [0.3, 0.4) is 0 Å². The highest BCUT2D eigenvalue weighted by Crippen LogP contribution is 2.39. The molecule has 2 nitrogen and oxygen atoms in total. The van der Waals surface area contributed by atoms with Gasteiger partial charge in [-0.3, -0.25) is 0 Å². The molecule has 0 saturated heterocycles. The van der Waals surface area contributed by atoms with E-state index in [2.05, 4.69) is 17.4 Å². The molecule has 1 aliphatic rings. The van der Waals surface area contributed by atoms with Crippen molar-refractivity contribution in [2.75, 3.05) is 5.73 Å². The number of nitrogens with zero attached hydrogens (tertiary/aromatic N) is 1. The summed E-state index contributed by atoms with van der Waals surface area (Å²) in [5, 5.41) is 0.849. The Hall–Kier alpha value is -0.570. The molecule has 0 bridgehead atoms. The summed E-state index contributed by atoms with van der Waals surface area (Å²) in [4.78, 5) is 0. The molecule has 1 aliphatic carbocycles. The van der Waals surface area contributed by atoms with Gasteiger partial charge in [0.1, 0.15) is 5.00 Å². The predicted octanol–water partition coefficient (Wildman–Crippen LogP) is 2.95. The van der Waals surface area contributed by atoms with E-state index >= 15 is 0 Å². The molecule has 13 heavy (non-hydrogen) atoms. The lowest BCUT2D eigenvalue weighted by atomic mass is 9.73. The minimum atomic E-state index is 0.312. The first-order valence-corrected chi connectivity index (χ1v) is 5.71. The van der Waals surface area contributed by atoms with Crippen molar-refractivity contribution in [2.45, 2.75) is 44.4 Å². The molecule has 0 spiro atoms. The van der Waals surface area contributed by atoms with E-state index in [1.807, 2.05) is 0 Å². The zero-order valence-electron chi connectivity index (χ0n) is 8.05. The summed E-state index contributed by atoms with van der Waals surface area (Å²) < 4.78 is 4.43. The van der Waals surface area contributed by atoms with Crippen LogP contribution in [0.4, 0.5) is 5.00 Å². The molecule has 1 saturated carbocycles. The lowest BCUT2D eigenvalue weighted by molar-refractivity contribution is 0.314. The fraction of sp³-hybridized carbons (Fsp3) is 0.700. The summed E-state index contributed by atoms with van der Waals surface area (Å²) in [5.41, 5.74) is 7.23. The second-order valence-corrected chi connectivity index (χ2v) is 5.07. The number of hydrogen-bond acceptors (Lipinski definition) is 3. The van der Waals surface area contributed by atoms with Crippen molar-refractivity contribution < 1.29 is 0 Å². The average Bonchev–Trinajstić information content (AvgIpc) is 2.54. The summed E-state index contributed by atoms with van der Waals surface area (Å²) in [5.74, 6) is 0. The van der Waals surface area contributed by atoms with Crippen LogP contribution in [-0.4, -0.2) is 4.37 Å². The van der Waals surface area contributed by atoms with Crippen LogP contribution >= 0.6 is 11.5 Å². The summed E-state index contributed by atoms with van der Waals surface area (Å²) in [6.07, 6.45) is 6.61. The fourth-order valence-corrected chi connectivity index (χ4v) is 2.80. The molecule has 1 fully saturated rings. The summed E-state index contributed by atoms with van der Waals surface area (Å²) in [7, 11) is 0. The number of anilines is 1. The molecule has 0 atom stereocenters. The third-order valence-corrected chi connectivity index (χ3v) is 3.72. The molecule has 0 aliphatic heterocycles. The number of hydrogen-bond donors (Lipinski definition) is 1. The Morgan fingerprint density at radius 1 is 1.38 bits per heavy atom. The summed E-state index contributed by atoms with van der Waals surface area (Å²) in [6.45, 7) is 2.32. The quantitative estimate of drug-likeness (QED) is 0.750. The zero-order chi connectivity index (χ0) is 9.31. The second-order valence-electron chi connectivity index (χ2n) is 4.24. The third kappa shape index (κ3) is 1.70. The Labute approximate surface area is 83.3 Å². The maximum absolute atomic E-state index is 5.70. The smallest absolute Gasteiger partial charge is 0.107 e. The molecule has 1 heterocycles. The Kier molecular flexibility index (Phi) is 2.28. The van der Waals surface area contributed by atoms with E-state index in [-0.39, 0.29) is 0 Å². The standard InChI is InChI=1S/C10H16N2S/c1-10(5-3-2-4-6-10)8-7-9(11)13-12-8/h7H,2-6,11H2,1H3. The van der Waals surface area contributed by atoms with E-state index in [0.29, 0.717) is 5.41 Å². The molecule has 0 amide bonds. The lowest BCUT2D eigenvalue weighted by Crippen LogP contribution is -2.25. The second kappa shape index (κ2) is 3.29. The molecule has 0 radical (unpaired) electrons. The van der Waals surface area contributed by atoms with Crippen LogP contribution in [0.25, 0.3) is 0 Å². The average molecular weight is 196 g/mol. The SMILES string of the molecule is CC1(c2cc(N)sn2)CCCCC1. The summed E-state index contributed by atoms with van der Waals surface area (Å²) in [6, 6.07) is 2.05. The van der Waals surface area contributed by atoms with E-state index in [0.717, 1.165) is 5.00 Å². The Balaban J connectivity index is 2.22. The van der Waals surface area contributed by atoms with Crippen LogP contribution in [0.2, 0.25) is 0 Å². The first kappa shape index (κ1) is 9.00. The van der Waals surface area contributed by atoms with Gasteiger partial charge in [0.15, 0.2) is 0 Å². The van der Waals surface area contributed by atoms with Gasteiger partial charge in [0.25, 0.3) is 0 Å². The fourth-order valence-electron chi connectivity index (χ4n) is 2.16. The molecule has 2 N–H and O–H groups in total. The van der Waals surface area contributed by atoms with Gasteiger partial charge in [-0.25, -0.2) is 0 Å². The van der Waals surface area contributed by atoms with Crippen molar-refractivity contribution in [2.24, 2.45) is 0 Å².